The average Bonchev–Trinajstić information content (AvgIpc) is 2.55. The maximum Gasteiger partial charge on any atom is 0.234 e. The molecule has 1 amide bonds. The van der Waals surface area contributed by atoms with Crippen molar-refractivity contribution in [1.29, 1.82) is 0 Å². The largest absolute Gasteiger partial charge is 0.497 e. The predicted octanol–water partition coefficient (Wildman–Crippen LogP) is 3.58. The van der Waals surface area contributed by atoms with Crippen LogP contribution in [0.2, 0.25) is 0 Å². The summed E-state index contributed by atoms with van der Waals surface area (Å²) in [7, 11) is 3.25. The molecule has 1 N–H and O–H groups in total. The van der Waals surface area contributed by atoms with Crippen molar-refractivity contribution in [2.75, 3.05) is 25.3 Å². The maximum atomic E-state index is 11.9. The highest BCUT2D eigenvalue weighted by Crippen LogP contribution is 2.19. The van der Waals surface area contributed by atoms with Gasteiger partial charge in [0, 0.05) is 17.5 Å². The third-order valence-corrected chi connectivity index (χ3v) is 4.02. The van der Waals surface area contributed by atoms with E-state index in [9.17, 15) is 4.79 Å². The number of carbonyl (C=O) groups excluding carboxylic acids is 1. The molecule has 2 rings (SSSR count). The number of anilines is 1. The van der Waals surface area contributed by atoms with Crippen LogP contribution in [0.3, 0.4) is 0 Å². The fourth-order valence-electron chi connectivity index (χ4n) is 1.88. The van der Waals surface area contributed by atoms with Crippen molar-refractivity contribution < 1.29 is 14.3 Å². The molecule has 0 spiro atoms. The Kier molecular flexibility index (Phi) is 6.15. The zero-order chi connectivity index (χ0) is 15.8. The minimum absolute atomic E-state index is 0.0215. The van der Waals surface area contributed by atoms with E-state index in [2.05, 4.69) is 5.32 Å². The Morgan fingerprint density at radius 2 is 1.77 bits per heavy atom. The molecular weight excluding hydrogens is 298 g/mol. The summed E-state index contributed by atoms with van der Waals surface area (Å²) in [6, 6.07) is 15.2. The van der Waals surface area contributed by atoms with Gasteiger partial charge in [0.1, 0.15) is 11.5 Å². The van der Waals surface area contributed by atoms with Crippen LogP contribution < -0.4 is 14.8 Å². The highest BCUT2D eigenvalue weighted by atomic mass is 32.2. The van der Waals surface area contributed by atoms with Crippen LogP contribution in [0.25, 0.3) is 0 Å². The molecule has 2 aromatic rings. The number of benzene rings is 2. The van der Waals surface area contributed by atoms with Crippen molar-refractivity contribution in [3.63, 3.8) is 0 Å². The summed E-state index contributed by atoms with van der Waals surface area (Å²) in [6.07, 6.45) is 0. The lowest BCUT2D eigenvalue weighted by atomic mass is 10.2. The molecule has 2 aromatic carbocycles. The topological polar surface area (TPSA) is 47.6 Å². The number of rotatable bonds is 7. The molecule has 0 aromatic heterocycles. The molecule has 22 heavy (non-hydrogen) atoms. The number of methoxy groups -OCH3 is 2. The highest BCUT2D eigenvalue weighted by Gasteiger charge is 2.04. The van der Waals surface area contributed by atoms with Crippen molar-refractivity contribution in [2.45, 2.75) is 5.75 Å². The van der Waals surface area contributed by atoms with Crippen molar-refractivity contribution in [2.24, 2.45) is 0 Å². The van der Waals surface area contributed by atoms with Crippen LogP contribution in [-0.4, -0.2) is 25.9 Å². The van der Waals surface area contributed by atoms with Crippen LogP contribution in [0.5, 0.6) is 11.5 Å². The Hall–Kier alpha value is -2.14. The van der Waals surface area contributed by atoms with Gasteiger partial charge in [0.15, 0.2) is 0 Å². The van der Waals surface area contributed by atoms with E-state index >= 15 is 0 Å². The first-order chi connectivity index (χ1) is 10.7. The van der Waals surface area contributed by atoms with Gasteiger partial charge in [-0.2, -0.15) is 0 Å². The second-order valence-corrected chi connectivity index (χ2v) is 5.61. The summed E-state index contributed by atoms with van der Waals surface area (Å²) in [5, 5.41) is 2.86. The van der Waals surface area contributed by atoms with Crippen molar-refractivity contribution in [3.05, 3.63) is 54.1 Å². The monoisotopic (exact) mass is 317 g/mol. The molecule has 0 saturated heterocycles. The highest BCUT2D eigenvalue weighted by molar-refractivity contribution is 7.99. The molecule has 0 aliphatic rings. The van der Waals surface area contributed by atoms with Gasteiger partial charge in [-0.1, -0.05) is 18.2 Å². The standard InChI is InChI=1S/C17H19NO3S/c1-20-15-8-6-13(7-9-15)11-22-12-17(19)18-14-4-3-5-16(10-14)21-2/h3-10H,11-12H2,1-2H3,(H,18,19). The zero-order valence-corrected chi connectivity index (χ0v) is 13.5. The molecule has 4 nitrogen and oxygen atoms in total. The summed E-state index contributed by atoms with van der Waals surface area (Å²) in [4.78, 5) is 11.9. The SMILES string of the molecule is COc1ccc(CSCC(=O)Nc2cccc(OC)c2)cc1. The number of nitrogens with one attached hydrogen (secondary N) is 1. The lowest BCUT2D eigenvalue weighted by Crippen LogP contribution is -2.14. The van der Waals surface area contributed by atoms with Crippen LogP contribution in [0.15, 0.2) is 48.5 Å². The van der Waals surface area contributed by atoms with Crippen molar-refractivity contribution in [1.82, 2.24) is 0 Å². The fraction of sp³-hybridized carbons (Fsp3) is 0.235. The van der Waals surface area contributed by atoms with Gasteiger partial charge in [0.2, 0.25) is 5.91 Å². The molecule has 0 atom stereocenters. The van der Waals surface area contributed by atoms with Gasteiger partial charge in [-0.25, -0.2) is 0 Å². The van der Waals surface area contributed by atoms with E-state index in [1.165, 1.54) is 5.56 Å². The molecule has 0 heterocycles. The van der Waals surface area contributed by atoms with Crippen LogP contribution in [0.4, 0.5) is 5.69 Å². The first-order valence-electron chi connectivity index (χ1n) is 6.86. The van der Waals surface area contributed by atoms with Gasteiger partial charge >= 0.3 is 0 Å². The normalized spacial score (nSPS) is 10.1. The summed E-state index contributed by atoms with van der Waals surface area (Å²) >= 11 is 1.57. The minimum Gasteiger partial charge on any atom is -0.497 e. The van der Waals surface area contributed by atoms with E-state index in [-0.39, 0.29) is 5.91 Å². The predicted molar refractivity (Wildman–Crippen MR) is 90.8 cm³/mol. The minimum atomic E-state index is -0.0215. The number of amides is 1. The third kappa shape index (κ3) is 5.00. The first-order valence-corrected chi connectivity index (χ1v) is 8.01. The van der Waals surface area contributed by atoms with Crippen LogP contribution >= 0.6 is 11.8 Å². The van der Waals surface area contributed by atoms with Crippen LogP contribution in [0, 0.1) is 0 Å². The van der Waals surface area contributed by atoms with Crippen molar-refractivity contribution >= 4 is 23.4 Å². The van der Waals surface area contributed by atoms with E-state index in [1.54, 1.807) is 32.0 Å². The Labute approximate surface area is 134 Å². The first kappa shape index (κ1) is 16.2. The van der Waals surface area contributed by atoms with Gasteiger partial charge in [-0.15, -0.1) is 11.8 Å². The second-order valence-electron chi connectivity index (χ2n) is 4.62. The molecule has 0 aliphatic heterocycles. The summed E-state index contributed by atoms with van der Waals surface area (Å²) in [5.74, 6) is 2.73. The number of thioether (sulfide) groups is 1. The average molecular weight is 317 g/mol. The summed E-state index contributed by atoms with van der Waals surface area (Å²) in [5.41, 5.74) is 1.91. The van der Waals surface area contributed by atoms with E-state index in [0.717, 1.165) is 22.9 Å². The molecule has 5 heteroatoms. The van der Waals surface area contributed by atoms with Gasteiger partial charge in [0.05, 0.1) is 20.0 Å². The molecule has 0 fully saturated rings. The Morgan fingerprint density at radius 3 is 2.45 bits per heavy atom. The van der Waals surface area contributed by atoms with Gasteiger partial charge in [0.25, 0.3) is 0 Å². The maximum absolute atomic E-state index is 11.9. The van der Waals surface area contributed by atoms with Gasteiger partial charge < -0.3 is 14.8 Å². The molecule has 0 saturated carbocycles. The number of ether oxygens (including phenoxy) is 2. The van der Waals surface area contributed by atoms with E-state index in [1.807, 2.05) is 42.5 Å². The quantitative estimate of drug-likeness (QED) is 0.848. The number of hydrogen-bond donors (Lipinski definition) is 1. The lowest BCUT2D eigenvalue weighted by molar-refractivity contribution is -0.113. The summed E-state index contributed by atoms with van der Waals surface area (Å²) in [6.45, 7) is 0. The smallest absolute Gasteiger partial charge is 0.234 e. The second kappa shape index (κ2) is 8.34. The Balaban J connectivity index is 1.77. The van der Waals surface area contributed by atoms with E-state index in [4.69, 9.17) is 9.47 Å². The Bertz CT molecular complexity index is 614. The molecule has 0 unspecified atom stereocenters. The molecule has 0 radical (unpaired) electrons. The van der Waals surface area contributed by atoms with Gasteiger partial charge in [-0.3, -0.25) is 4.79 Å². The fourth-order valence-corrected chi connectivity index (χ4v) is 2.67. The third-order valence-electron chi connectivity index (χ3n) is 3.01. The van der Waals surface area contributed by atoms with Crippen LogP contribution in [-0.2, 0) is 10.5 Å². The Morgan fingerprint density at radius 1 is 1.05 bits per heavy atom. The van der Waals surface area contributed by atoms with E-state index < -0.39 is 0 Å². The molecule has 0 bridgehead atoms. The molecule has 0 aliphatic carbocycles. The molecular formula is C17H19NO3S. The van der Waals surface area contributed by atoms with Crippen LogP contribution in [0.1, 0.15) is 5.56 Å². The lowest BCUT2D eigenvalue weighted by Gasteiger charge is -2.07. The summed E-state index contributed by atoms with van der Waals surface area (Å²) < 4.78 is 10.2. The number of carbonyl (C=O) groups is 1. The van der Waals surface area contributed by atoms with E-state index in [0.29, 0.717) is 5.75 Å². The van der Waals surface area contributed by atoms with Gasteiger partial charge in [-0.05, 0) is 29.8 Å². The number of hydrogen-bond acceptors (Lipinski definition) is 4. The molecule has 116 valence electrons. The zero-order valence-electron chi connectivity index (χ0n) is 12.7. The van der Waals surface area contributed by atoms with Crippen molar-refractivity contribution in [3.8, 4) is 11.5 Å².